The van der Waals surface area contributed by atoms with Gasteiger partial charge in [-0.05, 0) is 41.8 Å². The molecule has 1 heterocycles. The number of benzene rings is 2. The van der Waals surface area contributed by atoms with Gasteiger partial charge in [-0.2, -0.15) is 0 Å². The van der Waals surface area contributed by atoms with Crippen LogP contribution < -0.4 is 0 Å². The van der Waals surface area contributed by atoms with Crippen molar-refractivity contribution in [1.29, 1.82) is 0 Å². The van der Waals surface area contributed by atoms with Gasteiger partial charge in [-0.3, -0.25) is 9.59 Å². The highest BCUT2D eigenvalue weighted by Crippen LogP contribution is 2.41. The van der Waals surface area contributed by atoms with Gasteiger partial charge in [-0.1, -0.05) is 56.6 Å². The molecule has 0 saturated carbocycles. The number of hydrogen-bond donors (Lipinski definition) is 2. The second kappa shape index (κ2) is 7.91. The summed E-state index contributed by atoms with van der Waals surface area (Å²) in [4.78, 5) is 27.4. The third-order valence-corrected chi connectivity index (χ3v) is 5.24. The average Bonchev–Trinajstić information content (AvgIpc) is 2.91. The molecule has 0 saturated heterocycles. The SMILES string of the molecule is CC(C)(C)C(=O)C1=C(O)C(=O)N(CCc2ccc(Cl)cc2)C1c1ccc(O)cc1. The fraction of sp³-hybridized carbons (Fsp3) is 0.304. The lowest BCUT2D eigenvalue weighted by atomic mass is 9.82. The molecule has 0 bridgehead atoms. The first kappa shape index (κ1) is 20.9. The van der Waals surface area contributed by atoms with E-state index < -0.39 is 23.1 Å². The van der Waals surface area contributed by atoms with E-state index in [1.54, 1.807) is 45.0 Å². The van der Waals surface area contributed by atoms with Crippen molar-refractivity contribution in [2.24, 2.45) is 5.41 Å². The molecule has 2 aromatic carbocycles. The Bertz CT molecular complexity index is 956. The first-order valence-corrected chi connectivity index (χ1v) is 9.79. The lowest BCUT2D eigenvalue weighted by Crippen LogP contribution is -2.34. The molecule has 0 radical (unpaired) electrons. The number of carbonyl (C=O) groups is 2. The fourth-order valence-corrected chi connectivity index (χ4v) is 3.55. The smallest absolute Gasteiger partial charge is 0.290 e. The minimum Gasteiger partial charge on any atom is -0.508 e. The number of Topliss-reactive ketones (excluding diaryl/α,β-unsaturated/α-hetero) is 1. The first-order chi connectivity index (χ1) is 13.6. The van der Waals surface area contributed by atoms with Crippen LogP contribution in [0.25, 0.3) is 0 Å². The summed E-state index contributed by atoms with van der Waals surface area (Å²) in [5.74, 6) is -1.26. The number of hydrogen-bond acceptors (Lipinski definition) is 4. The van der Waals surface area contributed by atoms with Crippen molar-refractivity contribution in [3.8, 4) is 5.75 Å². The summed E-state index contributed by atoms with van der Waals surface area (Å²) >= 11 is 5.93. The zero-order valence-electron chi connectivity index (χ0n) is 16.6. The van der Waals surface area contributed by atoms with Gasteiger partial charge < -0.3 is 15.1 Å². The van der Waals surface area contributed by atoms with E-state index >= 15 is 0 Å². The number of amides is 1. The summed E-state index contributed by atoms with van der Waals surface area (Å²) in [7, 11) is 0. The number of phenols is 1. The molecule has 5 nitrogen and oxygen atoms in total. The van der Waals surface area contributed by atoms with Crippen LogP contribution in [0.3, 0.4) is 0 Å². The van der Waals surface area contributed by atoms with Gasteiger partial charge in [0, 0.05) is 17.0 Å². The molecule has 6 heteroatoms. The quantitative estimate of drug-likeness (QED) is 0.750. The van der Waals surface area contributed by atoms with Crippen molar-refractivity contribution < 1.29 is 19.8 Å². The molecule has 0 aliphatic carbocycles. The van der Waals surface area contributed by atoms with Gasteiger partial charge in [0.15, 0.2) is 11.5 Å². The Morgan fingerprint density at radius 2 is 1.62 bits per heavy atom. The lowest BCUT2D eigenvalue weighted by molar-refractivity contribution is -0.129. The monoisotopic (exact) mass is 413 g/mol. The standard InChI is InChI=1S/C23H24ClNO4/c1-23(2,3)21(28)18-19(15-6-10-17(26)11-7-15)25(22(29)20(18)27)13-12-14-4-8-16(24)9-5-14/h4-11,19,26-27H,12-13H2,1-3H3. The normalized spacial score (nSPS) is 17.2. The van der Waals surface area contributed by atoms with Crippen molar-refractivity contribution in [3.63, 3.8) is 0 Å². The molecular weight excluding hydrogens is 390 g/mol. The molecule has 1 unspecified atom stereocenters. The third kappa shape index (κ3) is 4.30. The largest absolute Gasteiger partial charge is 0.508 e. The number of rotatable bonds is 5. The van der Waals surface area contributed by atoms with Crippen LogP contribution in [0.2, 0.25) is 5.02 Å². The minimum absolute atomic E-state index is 0.0858. The molecule has 1 amide bonds. The van der Waals surface area contributed by atoms with E-state index in [1.807, 2.05) is 12.1 Å². The van der Waals surface area contributed by atoms with E-state index in [2.05, 4.69) is 0 Å². The maximum Gasteiger partial charge on any atom is 0.290 e. The van der Waals surface area contributed by atoms with E-state index in [1.165, 1.54) is 17.0 Å². The number of ketones is 1. The molecule has 0 fully saturated rings. The number of aliphatic hydroxyl groups excluding tert-OH is 1. The zero-order chi connectivity index (χ0) is 21.3. The number of nitrogens with zero attached hydrogens (tertiary/aromatic N) is 1. The topological polar surface area (TPSA) is 77.8 Å². The average molecular weight is 414 g/mol. The summed E-state index contributed by atoms with van der Waals surface area (Å²) in [6.45, 7) is 5.58. The fourth-order valence-electron chi connectivity index (χ4n) is 3.42. The Labute approximate surface area is 175 Å². The van der Waals surface area contributed by atoms with Crippen LogP contribution in [-0.4, -0.2) is 33.3 Å². The van der Waals surface area contributed by atoms with Crippen molar-refractivity contribution >= 4 is 23.3 Å². The van der Waals surface area contributed by atoms with Crippen molar-refractivity contribution in [1.82, 2.24) is 4.90 Å². The Hall–Kier alpha value is -2.79. The van der Waals surface area contributed by atoms with Crippen LogP contribution in [0.1, 0.15) is 37.9 Å². The number of halogens is 1. The van der Waals surface area contributed by atoms with E-state index in [9.17, 15) is 19.8 Å². The summed E-state index contributed by atoms with van der Waals surface area (Å²) in [6.07, 6.45) is 0.543. The summed E-state index contributed by atoms with van der Waals surface area (Å²) in [5, 5.41) is 20.8. The molecule has 1 aliphatic heterocycles. The molecule has 1 aliphatic rings. The summed E-state index contributed by atoms with van der Waals surface area (Å²) < 4.78 is 0. The Morgan fingerprint density at radius 1 is 1.03 bits per heavy atom. The van der Waals surface area contributed by atoms with Crippen LogP contribution in [0.5, 0.6) is 5.75 Å². The molecule has 29 heavy (non-hydrogen) atoms. The van der Waals surface area contributed by atoms with Crippen molar-refractivity contribution in [3.05, 3.63) is 76.0 Å². The van der Waals surface area contributed by atoms with Crippen molar-refractivity contribution in [2.75, 3.05) is 6.54 Å². The molecule has 2 aromatic rings. The van der Waals surface area contributed by atoms with Gasteiger partial charge in [-0.25, -0.2) is 0 Å². The molecule has 152 valence electrons. The van der Waals surface area contributed by atoms with Crippen LogP contribution >= 0.6 is 11.6 Å². The van der Waals surface area contributed by atoms with Gasteiger partial charge in [0.25, 0.3) is 5.91 Å². The van der Waals surface area contributed by atoms with Gasteiger partial charge in [0.1, 0.15) is 5.75 Å². The zero-order valence-corrected chi connectivity index (χ0v) is 17.4. The summed E-state index contributed by atoms with van der Waals surface area (Å²) in [5.41, 5.74) is 0.986. The minimum atomic E-state index is -0.759. The van der Waals surface area contributed by atoms with E-state index in [-0.39, 0.29) is 17.1 Å². The predicted octanol–water partition coefficient (Wildman–Crippen LogP) is 4.60. The first-order valence-electron chi connectivity index (χ1n) is 9.42. The van der Waals surface area contributed by atoms with Crippen molar-refractivity contribution in [2.45, 2.75) is 33.2 Å². The molecule has 0 spiro atoms. The molecule has 1 atom stereocenters. The van der Waals surface area contributed by atoms with Crippen LogP contribution in [-0.2, 0) is 16.0 Å². The highest BCUT2D eigenvalue weighted by molar-refractivity contribution is 6.30. The number of aromatic hydroxyl groups is 1. The molecule has 3 rings (SSSR count). The van der Waals surface area contributed by atoms with Crippen LogP contribution in [0.4, 0.5) is 0 Å². The Balaban J connectivity index is 1.98. The number of phenolic OH excluding ortho intramolecular Hbond substituents is 1. The van der Waals surface area contributed by atoms with Gasteiger partial charge in [-0.15, -0.1) is 0 Å². The lowest BCUT2D eigenvalue weighted by Gasteiger charge is -2.29. The van der Waals surface area contributed by atoms with Gasteiger partial charge >= 0.3 is 0 Å². The Morgan fingerprint density at radius 3 is 2.17 bits per heavy atom. The highest BCUT2D eigenvalue weighted by Gasteiger charge is 2.45. The second-order valence-corrected chi connectivity index (χ2v) is 8.65. The Kier molecular flexibility index (Phi) is 5.71. The van der Waals surface area contributed by atoms with Gasteiger partial charge in [0.2, 0.25) is 0 Å². The summed E-state index contributed by atoms with van der Waals surface area (Å²) in [6, 6.07) is 13.0. The molecule has 0 aromatic heterocycles. The molecular formula is C23H24ClNO4. The van der Waals surface area contributed by atoms with E-state index in [4.69, 9.17) is 11.6 Å². The maximum absolute atomic E-state index is 13.1. The number of carbonyl (C=O) groups excluding carboxylic acids is 2. The van der Waals surface area contributed by atoms with Crippen LogP contribution in [0, 0.1) is 5.41 Å². The maximum atomic E-state index is 13.1. The second-order valence-electron chi connectivity index (χ2n) is 8.21. The molecule has 2 N–H and O–H groups in total. The van der Waals surface area contributed by atoms with Gasteiger partial charge in [0.05, 0.1) is 11.6 Å². The third-order valence-electron chi connectivity index (χ3n) is 4.99. The highest BCUT2D eigenvalue weighted by atomic mass is 35.5. The van der Waals surface area contributed by atoms with E-state index in [0.29, 0.717) is 23.6 Å². The number of aliphatic hydroxyl groups is 1. The van der Waals surface area contributed by atoms with E-state index in [0.717, 1.165) is 5.56 Å². The predicted molar refractivity (Wildman–Crippen MR) is 112 cm³/mol. The van der Waals surface area contributed by atoms with Crippen LogP contribution in [0.15, 0.2) is 59.9 Å².